The molecule has 0 aliphatic carbocycles. The van der Waals surface area contributed by atoms with Gasteiger partial charge in [0.1, 0.15) is 0 Å². The molecule has 6 nitrogen and oxygen atoms in total. The van der Waals surface area contributed by atoms with Crippen molar-refractivity contribution in [1.82, 2.24) is 19.7 Å². The van der Waals surface area contributed by atoms with Crippen molar-refractivity contribution in [3.8, 4) is 0 Å². The number of ether oxygens (including phenoxy) is 1. The van der Waals surface area contributed by atoms with Gasteiger partial charge in [-0.1, -0.05) is 0 Å². The first kappa shape index (κ1) is 15.6. The van der Waals surface area contributed by atoms with E-state index >= 15 is 0 Å². The number of rotatable bonds is 9. The maximum atomic E-state index is 5.06. The van der Waals surface area contributed by atoms with Gasteiger partial charge in [-0.05, 0) is 38.7 Å². The van der Waals surface area contributed by atoms with Crippen LogP contribution in [0.4, 0.5) is 5.95 Å². The fourth-order valence-electron chi connectivity index (χ4n) is 2.34. The lowest BCUT2D eigenvalue weighted by molar-refractivity contribution is 0.197. The molecule has 0 saturated heterocycles. The Hall–Kier alpha value is -1.82. The Labute approximate surface area is 125 Å². The summed E-state index contributed by atoms with van der Waals surface area (Å²) in [6, 6.07) is 0. The van der Waals surface area contributed by atoms with Crippen molar-refractivity contribution in [2.24, 2.45) is 0 Å². The molecule has 6 heteroatoms. The quantitative estimate of drug-likeness (QED) is 0.696. The van der Waals surface area contributed by atoms with Gasteiger partial charge < -0.3 is 14.6 Å². The Bertz CT molecular complexity index is 546. The highest BCUT2D eigenvalue weighted by Crippen LogP contribution is 2.12. The molecular formula is C15H25N5O. The number of H-pyrrole nitrogens is 1. The Morgan fingerprint density at radius 3 is 2.90 bits per heavy atom. The molecule has 0 radical (unpaired) electrons. The average molecular weight is 291 g/mol. The van der Waals surface area contributed by atoms with Crippen LogP contribution in [0.25, 0.3) is 0 Å². The molecule has 0 aliphatic rings. The largest absolute Gasteiger partial charge is 0.385 e. The van der Waals surface area contributed by atoms with Crippen LogP contribution in [-0.2, 0) is 17.7 Å². The third-order valence-corrected chi connectivity index (χ3v) is 3.48. The van der Waals surface area contributed by atoms with Crippen LogP contribution in [0, 0.1) is 13.8 Å². The van der Waals surface area contributed by atoms with E-state index in [4.69, 9.17) is 4.74 Å². The van der Waals surface area contributed by atoms with E-state index in [1.165, 1.54) is 5.56 Å². The van der Waals surface area contributed by atoms with Crippen LogP contribution in [0.2, 0.25) is 0 Å². The summed E-state index contributed by atoms with van der Waals surface area (Å²) in [4.78, 5) is 4.53. The molecule has 0 bridgehead atoms. The number of hydrogen-bond donors (Lipinski definition) is 2. The van der Waals surface area contributed by atoms with E-state index in [9.17, 15) is 0 Å². The lowest BCUT2D eigenvalue weighted by atomic mass is 10.1. The zero-order valence-electron chi connectivity index (χ0n) is 13.1. The van der Waals surface area contributed by atoms with Crippen molar-refractivity contribution in [2.45, 2.75) is 39.7 Å². The van der Waals surface area contributed by atoms with Gasteiger partial charge >= 0.3 is 0 Å². The molecule has 0 spiro atoms. The summed E-state index contributed by atoms with van der Waals surface area (Å²) in [5.74, 6) is 0.951. The fraction of sp³-hybridized carbons (Fsp3) is 0.600. The summed E-state index contributed by atoms with van der Waals surface area (Å²) >= 11 is 0. The van der Waals surface area contributed by atoms with Gasteiger partial charge in [-0.3, -0.25) is 5.10 Å². The van der Waals surface area contributed by atoms with Gasteiger partial charge in [0, 0.05) is 38.7 Å². The highest BCUT2D eigenvalue weighted by atomic mass is 16.5. The highest BCUT2D eigenvalue weighted by Gasteiger charge is 2.06. The lowest BCUT2D eigenvalue weighted by Crippen LogP contribution is -2.10. The van der Waals surface area contributed by atoms with Crippen LogP contribution in [0.1, 0.15) is 29.8 Å². The molecule has 0 amide bonds. The number of methoxy groups -OCH3 is 1. The van der Waals surface area contributed by atoms with E-state index in [2.05, 4.69) is 38.2 Å². The number of aryl methyl sites for hydroxylation is 4. The Kier molecular flexibility index (Phi) is 5.80. The topological polar surface area (TPSA) is 67.8 Å². The predicted octanol–water partition coefficient (Wildman–Crippen LogP) is 2.30. The molecule has 0 atom stereocenters. The number of imidazole rings is 1. The van der Waals surface area contributed by atoms with Gasteiger partial charge in [-0.25, -0.2) is 4.98 Å². The second-order valence-corrected chi connectivity index (χ2v) is 5.30. The molecule has 21 heavy (non-hydrogen) atoms. The third kappa shape index (κ3) is 4.60. The maximum absolute atomic E-state index is 5.06. The SMILES string of the molecule is COCCCNc1nc(C)cn1CCCc1cn[nH]c1C. The number of aromatic amines is 1. The summed E-state index contributed by atoms with van der Waals surface area (Å²) in [6.07, 6.45) is 7.10. The van der Waals surface area contributed by atoms with Gasteiger partial charge in [-0.15, -0.1) is 0 Å². The zero-order chi connectivity index (χ0) is 15.1. The Balaban J connectivity index is 1.83. The number of hydrogen-bond acceptors (Lipinski definition) is 4. The number of anilines is 1. The van der Waals surface area contributed by atoms with E-state index in [-0.39, 0.29) is 0 Å². The number of nitrogens with zero attached hydrogens (tertiary/aromatic N) is 3. The summed E-state index contributed by atoms with van der Waals surface area (Å²) in [7, 11) is 1.73. The standard InChI is InChI=1S/C15H25N5O/c1-12-11-20(15(18-12)16-7-5-9-21-3)8-4-6-14-10-17-19-13(14)2/h10-11H,4-9H2,1-3H3,(H,16,18)(H,17,19). The minimum atomic E-state index is 0.770. The van der Waals surface area contributed by atoms with Crippen molar-refractivity contribution < 1.29 is 4.74 Å². The molecule has 0 fully saturated rings. The molecule has 0 aromatic carbocycles. The van der Waals surface area contributed by atoms with Crippen LogP contribution in [0.15, 0.2) is 12.4 Å². The summed E-state index contributed by atoms with van der Waals surface area (Å²) < 4.78 is 7.25. The van der Waals surface area contributed by atoms with Crippen molar-refractivity contribution in [1.29, 1.82) is 0 Å². The minimum Gasteiger partial charge on any atom is -0.385 e. The predicted molar refractivity (Wildman–Crippen MR) is 83.6 cm³/mol. The van der Waals surface area contributed by atoms with Crippen molar-refractivity contribution in [2.75, 3.05) is 25.6 Å². The maximum Gasteiger partial charge on any atom is 0.203 e. The Morgan fingerprint density at radius 2 is 2.19 bits per heavy atom. The number of aromatic nitrogens is 4. The van der Waals surface area contributed by atoms with Gasteiger partial charge in [0.2, 0.25) is 5.95 Å². The molecular weight excluding hydrogens is 266 g/mol. The highest BCUT2D eigenvalue weighted by molar-refractivity contribution is 5.28. The van der Waals surface area contributed by atoms with E-state index in [0.29, 0.717) is 0 Å². The van der Waals surface area contributed by atoms with Crippen LogP contribution >= 0.6 is 0 Å². The van der Waals surface area contributed by atoms with Gasteiger partial charge in [0.15, 0.2) is 0 Å². The second-order valence-electron chi connectivity index (χ2n) is 5.30. The van der Waals surface area contributed by atoms with Crippen molar-refractivity contribution in [3.63, 3.8) is 0 Å². The van der Waals surface area contributed by atoms with E-state index in [1.54, 1.807) is 7.11 Å². The van der Waals surface area contributed by atoms with Gasteiger partial charge in [-0.2, -0.15) is 5.10 Å². The Morgan fingerprint density at radius 1 is 1.33 bits per heavy atom. The van der Waals surface area contributed by atoms with E-state index in [1.807, 2.05) is 13.1 Å². The first-order valence-corrected chi connectivity index (χ1v) is 7.46. The molecule has 2 rings (SSSR count). The molecule has 0 saturated carbocycles. The van der Waals surface area contributed by atoms with Crippen LogP contribution in [0.3, 0.4) is 0 Å². The van der Waals surface area contributed by atoms with Crippen LogP contribution in [-0.4, -0.2) is 40.0 Å². The van der Waals surface area contributed by atoms with Gasteiger partial charge in [0.05, 0.1) is 11.9 Å². The second kappa shape index (κ2) is 7.83. The normalized spacial score (nSPS) is 11.0. The minimum absolute atomic E-state index is 0.770. The smallest absolute Gasteiger partial charge is 0.203 e. The van der Waals surface area contributed by atoms with Crippen molar-refractivity contribution in [3.05, 3.63) is 29.3 Å². The third-order valence-electron chi connectivity index (χ3n) is 3.48. The van der Waals surface area contributed by atoms with Crippen LogP contribution in [0.5, 0.6) is 0 Å². The molecule has 0 unspecified atom stereocenters. The molecule has 2 heterocycles. The van der Waals surface area contributed by atoms with Gasteiger partial charge in [0.25, 0.3) is 0 Å². The summed E-state index contributed by atoms with van der Waals surface area (Å²) in [5, 5.41) is 10.4. The summed E-state index contributed by atoms with van der Waals surface area (Å²) in [6.45, 7) is 6.69. The zero-order valence-corrected chi connectivity index (χ0v) is 13.1. The van der Waals surface area contributed by atoms with E-state index < -0.39 is 0 Å². The monoisotopic (exact) mass is 291 g/mol. The summed E-state index contributed by atoms with van der Waals surface area (Å²) in [5.41, 5.74) is 3.50. The van der Waals surface area contributed by atoms with Crippen LogP contribution < -0.4 is 5.32 Å². The molecule has 0 aliphatic heterocycles. The number of nitrogens with one attached hydrogen (secondary N) is 2. The molecule has 2 aromatic rings. The lowest BCUT2D eigenvalue weighted by Gasteiger charge is -2.09. The first-order valence-electron chi connectivity index (χ1n) is 7.46. The van der Waals surface area contributed by atoms with E-state index in [0.717, 1.165) is 56.3 Å². The molecule has 2 N–H and O–H groups in total. The first-order chi connectivity index (χ1) is 10.2. The fourth-order valence-corrected chi connectivity index (χ4v) is 2.34. The average Bonchev–Trinajstić information content (AvgIpc) is 3.02. The molecule has 116 valence electrons. The van der Waals surface area contributed by atoms with Crippen molar-refractivity contribution >= 4 is 5.95 Å². The molecule has 2 aromatic heterocycles.